The van der Waals surface area contributed by atoms with Gasteiger partial charge in [0.05, 0.1) is 24.6 Å². The minimum absolute atomic E-state index is 0.0174. The number of ether oxygens (including phenoxy) is 1. The van der Waals surface area contributed by atoms with Crippen molar-refractivity contribution in [3.8, 4) is 0 Å². The second kappa shape index (κ2) is 15.1. The highest BCUT2D eigenvalue weighted by molar-refractivity contribution is 5.86. The van der Waals surface area contributed by atoms with E-state index in [-0.39, 0.29) is 43.5 Å². The van der Waals surface area contributed by atoms with Crippen molar-refractivity contribution < 1.29 is 24.2 Å². The van der Waals surface area contributed by atoms with Gasteiger partial charge in [0.15, 0.2) is 0 Å². The summed E-state index contributed by atoms with van der Waals surface area (Å²) in [6, 6.07) is 8.63. The van der Waals surface area contributed by atoms with Gasteiger partial charge < -0.3 is 20.1 Å². The molecule has 0 saturated carbocycles. The number of nitrogens with zero attached hydrogens (tertiary/aromatic N) is 1. The molecule has 2 N–H and O–H groups in total. The fourth-order valence-electron chi connectivity index (χ4n) is 4.17. The molecule has 1 aliphatic heterocycles. The number of rotatable bonds is 15. The lowest BCUT2D eigenvalue weighted by Gasteiger charge is -2.26. The maximum Gasteiger partial charge on any atom is 0.305 e. The molecule has 1 aliphatic rings. The van der Waals surface area contributed by atoms with Crippen molar-refractivity contribution in [2.75, 3.05) is 19.8 Å². The van der Waals surface area contributed by atoms with Crippen molar-refractivity contribution in [2.24, 2.45) is 5.92 Å². The standard InChI is InChI=1S/C27H38N2O5/c1-3-5-6-10-16-26(32)34-20-24(21-13-8-7-9-14-21)28-27(33)22(12-4-2)18-25(31)29-17-11-15-23(29)19-30/h3-4,7-9,13-14,22-24,30H,1-2,5-6,10-12,15-20H2,(H,28,33)/t22-,23+,24+/m1/s1. The summed E-state index contributed by atoms with van der Waals surface area (Å²) in [6.07, 6.45) is 8.24. The number of carbonyl (C=O) groups is 3. The summed E-state index contributed by atoms with van der Waals surface area (Å²) in [6.45, 7) is 7.96. The van der Waals surface area contributed by atoms with E-state index in [1.54, 1.807) is 11.0 Å². The number of nitrogens with one attached hydrogen (secondary N) is 1. The minimum Gasteiger partial charge on any atom is -0.463 e. The van der Waals surface area contributed by atoms with Crippen molar-refractivity contribution in [1.82, 2.24) is 10.2 Å². The van der Waals surface area contributed by atoms with E-state index in [1.807, 2.05) is 36.4 Å². The van der Waals surface area contributed by atoms with Crippen LogP contribution in [0.5, 0.6) is 0 Å². The van der Waals surface area contributed by atoms with Crippen LogP contribution in [0, 0.1) is 5.92 Å². The number of allylic oxidation sites excluding steroid dienone is 2. The Morgan fingerprint density at radius 2 is 1.94 bits per heavy atom. The van der Waals surface area contributed by atoms with Crippen LogP contribution < -0.4 is 5.32 Å². The molecule has 1 heterocycles. The van der Waals surface area contributed by atoms with Gasteiger partial charge in [0.2, 0.25) is 11.8 Å². The monoisotopic (exact) mass is 470 g/mol. The Morgan fingerprint density at radius 3 is 2.62 bits per heavy atom. The highest BCUT2D eigenvalue weighted by atomic mass is 16.5. The number of amides is 2. The predicted octanol–water partition coefficient (Wildman–Crippen LogP) is 3.70. The molecular weight excluding hydrogens is 432 g/mol. The second-order valence-corrected chi connectivity index (χ2v) is 8.68. The lowest BCUT2D eigenvalue weighted by atomic mass is 9.98. The molecule has 1 aromatic rings. The molecule has 2 amide bonds. The lowest BCUT2D eigenvalue weighted by Crippen LogP contribution is -2.42. The highest BCUT2D eigenvalue weighted by Gasteiger charge is 2.31. The summed E-state index contributed by atoms with van der Waals surface area (Å²) >= 11 is 0. The summed E-state index contributed by atoms with van der Waals surface area (Å²) in [7, 11) is 0. The molecule has 3 atom stereocenters. The van der Waals surface area contributed by atoms with E-state index in [1.165, 1.54) is 0 Å². The number of unbranched alkanes of at least 4 members (excludes halogenated alkanes) is 2. The third kappa shape index (κ3) is 8.78. The normalized spacial score (nSPS) is 17.0. The van der Waals surface area contributed by atoms with E-state index in [0.29, 0.717) is 19.4 Å². The predicted molar refractivity (Wildman–Crippen MR) is 132 cm³/mol. The molecule has 7 nitrogen and oxygen atoms in total. The van der Waals surface area contributed by atoms with Gasteiger partial charge in [0, 0.05) is 19.4 Å². The first-order chi connectivity index (χ1) is 16.5. The summed E-state index contributed by atoms with van der Waals surface area (Å²) in [5, 5.41) is 12.5. The number of aliphatic hydroxyl groups excluding tert-OH is 1. The summed E-state index contributed by atoms with van der Waals surface area (Å²) in [4.78, 5) is 39.9. The molecule has 7 heteroatoms. The van der Waals surface area contributed by atoms with E-state index in [2.05, 4.69) is 18.5 Å². The van der Waals surface area contributed by atoms with Crippen LogP contribution in [0.1, 0.15) is 63.0 Å². The van der Waals surface area contributed by atoms with Gasteiger partial charge >= 0.3 is 5.97 Å². The van der Waals surface area contributed by atoms with Crippen LogP contribution in [0.4, 0.5) is 0 Å². The first kappa shape index (κ1) is 27.3. The zero-order chi connectivity index (χ0) is 24.8. The first-order valence-electron chi connectivity index (χ1n) is 12.1. The molecule has 0 unspecified atom stereocenters. The Hall–Kier alpha value is -2.93. The quantitative estimate of drug-likeness (QED) is 0.232. The number of carbonyl (C=O) groups excluding carboxylic acids is 3. The van der Waals surface area contributed by atoms with Crippen LogP contribution in [0.25, 0.3) is 0 Å². The molecule has 1 saturated heterocycles. The van der Waals surface area contributed by atoms with Gasteiger partial charge in [-0.25, -0.2) is 0 Å². The maximum atomic E-state index is 13.2. The average molecular weight is 471 g/mol. The van der Waals surface area contributed by atoms with Crippen molar-refractivity contribution in [3.63, 3.8) is 0 Å². The Kier molecular flexibility index (Phi) is 12.1. The third-order valence-corrected chi connectivity index (χ3v) is 6.12. The molecule has 0 radical (unpaired) electrons. The van der Waals surface area contributed by atoms with E-state index in [4.69, 9.17) is 4.74 Å². The largest absolute Gasteiger partial charge is 0.463 e. The molecular formula is C27H38N2O5. The van der Waals surface area contributed by atoms with Crippen LogP contribution in [-0.4, -0.2) is 53.6 Å². The Morgan fingerprint density at radius 1 is 1.18 bits per heavy atom. The summed E-state index contributed by atoms with van der Waals surface area (Å²) in [5.74, 6) is -1.32. The molecule has 34 heavy (non-hydrogen) atoms. The third-order valence-electron chi connectivity index (χ3n) is 6.12. The number of benzene rings is 1. The minimum atomic E-state index is -0.592. The van der Waals surface area contributed by atoms with Crippen molar-refractivity contribution in [2.45, 2.75) is 63.5 Å². The number of likely N-dealkylation sites (tertiary alicyclic amines) is 1. The molecule has 1 aromatic carbocycles. The van der Waals surface area contributed by atoms with Gasteiger partial charge in [-0.05, 0) is 44.1 Å². The molecule has 0 bridgehead atoms. The Balaban J connectivity index is 2.01. The van der Waals surface area contributed by atoms with Crippen LogP contribution in [0.3, 0.4) is 0 Å². The maximum absolute atomic E-state index is 13.2. The number of esters is 1. The topological polar surface area (TPSA) is 95.9 Å². The number of hydrogen-bond acceptors (Lipinski definition) is 5. The molecule has 186 valence electrons. The van der Waals surface area contributed by atoms with Gasteiger partial charge in [0.25, 0.3) is 0 Å². The van der Waals surface area contributed by atoms with Gasteiger partial charge in [-0.3, -0.25) is 14.4 Å². The van der Waals surface area contributed by atoms with Crippen molar-refractivity contribution in [1.29, 1.82) is 0 Å². The van der Waals surface area contributed by atoms with E-state index < -0.39 is 12.0 Å². The van der Waals surface area contributed by atoms with Gasteiger partial charge in [-0.2, -0.15) is 0 Å². The fraction of sp³-hybridized carbons (Fsp3) is 0.519. The zero-order valence-electron chi connectivity index (χ0n) is 20.0. The Labute approximate surface area is 202 Å². The molecule has 2 rings (SSSR count). The van der Waals surface area contributed by atoms with Crippen LogP contribution in [-0.2, 0) is 19.1 Å². The average Bonchev–Trinajstić information content (AvgIpc) is 3.33. The molecule has 0 spiro atoms. The molecule has 0 aliphatic carbocycles. The van der Waals surface area contributed by atoms with Crippen molar-refractivity contribution >= 4 is 17.8 Å². The molecule has 0 aromatic heterocycles. The van der Waals surface area contributed by atoms with Crippen LogP contribution in [0.2, 0.25) is 0 Å². The van der Waals surface area contributed by atoms with Gasteiger partial charge in [0.1, 0.15) is 6.61 Å². The SMILES string of the molecule is C=CCCCCC(=O)OC[C@H](NC(=O)[C@H](CC=C)CC(=O)N1CCC[C@H]1CO)c1ccccc1. The number of hydrogen-bond donors (Lipinski definition) is 2. The summed E-state index contributed by atoms with van der Waals surface area (Å²) < 4.78 is 5.47. The van der Waals surface area contributed by atoms with Crippen LogP contribution >= 0.6 is 0 Å². The smallest absolute Gasteiger partial charge is 0.305 e. The van der Waals surface area contributed by atoms with E-state index >= 15 is 0 Å². The lowest BCUT2D eigenvalue weighted by molar-refractivity contribution is -0.145. The van der Waals surface area contributed by atoms with Gasteiger partial charge in [-0.15, -0.1) is 13.2 Å². The first-order valence-corrected chi connectivity index (χ1v) is 12.1. The Bertz CT molecular complexity index is 810. The van der Waals surface area contributed by atoms with Crippen molar-refractivity contribution in [3.05, 3.63) is 61.2 Å². The van der Waals surface area contributed by atoms with E-state index in [9.17, 15) is 19.5 Å². The van der Waals surface area contributed by atoms with Gasteiger partial charge in [-0.1, -0.05) is 42.5 Å². The fourth-order valence-corrected chi connectivity index (χ4v) is 4.17. The van der Waals surface area contributed by atoms with Crippen LogP contribution in [0.15, 0.2) is 55.6 Å². The molecule has 1 fully saturated rings. The zero-order valence-corrected chi connectivity index (χ0v) is 20.0. The number of aliphatic hydroxyl groups is 1. The second-order valence-electron chi connectivity index (χ2n) is 8.68. The van der Waals surface area contributed by atoms with E-state index in [0.717, 1.165) is 37.7 Å². The summed E-state index contributed by atoms with van der Waals surface area (Å²) in [5.41, 5.74) is 0.818. The highest BCUT2D eigenvalue weighted by Crippen LogP contribution is 2.22.